The number of nitrogens with zero attached hydrogens (tertiary/aromatic N) is 1. The third-order valence-corrected chi connectivity index (χ3v) is 5.09. The zero-order valence-electron chi connectivity index (χ0n) is 15.2. The summed E-state index contributed by atoms with van der Waals surface area (Å²) in [5.74, 6) is -0.327. The van der Waals surface area contributed by atoms with Crippen molar-refractivity contribution in [1.29, 1.82) is 0 Å². The summed E-state index contributed by atoms with van der Waals surface area (Å²) in [7, 11) is -1.72. The van der Waals surface area contributed by atoms with Gasteiger partial charge in [-0.1, -0.05) is 23.7 Å². The van der Waals surface area contributed by atoms with Crippen LogP contribution in [0.1, 0.15) is 5.56 Å². The van der Waals surface area contributed by atoms with E-state index >= 15 is 0 Å². The number of nitrogens with one attached hydrogen (secondary N) is 1. The fourth-order valence-corrected chi connectivity index (χ4v) is 3.22. The first kappa shape index (κ1) is 22.1. The van der Waals surface area contributed by atoms with E-state index in [4.69, 9.17) is 11.6 Å². The molecule has 0 radical (unpaired) electrons. The lowest BCUT2D eigenvalue weighted by Gasteiger charge is -2.17. The third kappa shape index (κ3) is 6.74. The average Bonchev–Trinajstić information content (AvgIpc) is 2.57. The first-order valence-electron chi connectivity index (χ1n) is 8.06. The maximum absolute atomic E-state index is 12.2. The average molecular weight is 433 g/mol. The summed E-state index contributed by atoms with van der Waals surface area (Å²) >= 11 is 6.02. The SMILES string of the molecule is CN(CC(=O)Nc1cc(S(C)(=O)=O)ccc1Cl)Cc1ccc(OC(F)F)cc1. The summed E-state index contributed by atoms with van der Waals surface area (Å²) in [4.78, 5) is 14.0. The number of rotatable bonds is 8. The largest absolute Gasteiger partial charge is 0.435 e. The maximum Gasteiger partial charge on any atom is 0.387 e. The normalized spacial score (nSPS) is 11.7. The van der Waals surface area contributed by atoms with Crippen molar-refractivity contribution in [3.8, 4) is 5.75 Å². The second-order valence-electron chi connectivity index (χ2n) is 6.16. The molecule has 0 aliphatic heterocycles. The van der Waals surface area contributed by atoms with Gasteiger partial charge in [-0.2, -0.15) is 8.78 Å². The first-order valence-corrected chi connectivity index (χ1v) is 10.3. The predicted octanol–water partition coefficient (Wildman–Crippen LogP) is 3.42. The minimum Gasteiger partial charge on any atom is -0.435 e. The minimum absolute atomic E-state index is 0.00865. The highest BCUT2D eigenvalue weighted by Gasteiger charge is 2.14. The molecule has 1 N–H and O–H groups in total. The van der Waals surface area contributed by atoms with Gasteiger partial charge in [0.1, 0.15) is 5.75 Å². The maximum atomic E-state index is 12.2. The number of carbonyl (C=O) groups excluding carboxylic acids is 1. The Bertz CT molecular complexity index is 937. The van der Waals surface area contributed by atoms with Gasteiger partial charge in [0.05, 0.1) is 22.2 Å². The van der Waals surface area contributed by atoms with Crippen LogP contribution in [-0.4, -0.2) is 45.7 Å². The molecule has 0 heterocycles. The number of hydrogen-bond acceptors (Lipinski definition) is 5. The summed E-state index contributed by atoms with van der Waals surface area (Å²) in [5, 5.41) is 2.81. The van der Waals surface area contributed by atoms with Gasteiger partial charge >= 0.3 is 6.61 Å². The highest BCUT2D eigenvalue weighted by Crippen LogP contribution is 2.25. The molecule has 10 heteroatoms. The van der Waals surface area contributed by atoms with Crippen LogP contribution < -0.4 is 10.1 Å². The van der Waals surface area contributed by atoms with Crippen LogP contribution in [0.25, 0.3) is 0 Å². The fourth-order valence-electron chi connectivity index (χ4n) is 2.41. The van der Waals surface area contributed by atoms with Crippen molar-refractivity contribution in [2.45, 2.75) is 18.1 Å². The van der Waals surface area contributed by atoms with Gasteiger partial charge in [-0.15, -0.1) is 0 Å². The number of likely N-dealkylation sites (N-methyl/N-ethyl adjacent to an activating group) is 1. The van der Waals surface area contributed by atoms with E-state index in [0.717, 1.165) is 11.8 Å². The molecule has 0 fully saturated rings. The number of ether oxygens (including phenoxy) is 1. The Morgan fingerprint density at radius 1 is 1.21 bits per heavy atom. The van der Waals surface area contributed by atoms with Crippen molar-refractivity contribution in [3.63, 3.8) is 0 Å². The number of sulfone groups is 1. The molecule has 0 saturated carbocycles. The number of amides is 1. The standard InChI is InChI=1S/C18H19ClF2N2O4S/c1-23(10-12-3-5-13(6-4-12)27-18(20)21)11-17(24)22-16-9-14(28(2,25)26)7-8-15(16)19/h3-9,18H,10-11H2,1-2H3,(H,22,24). The summed E-state index contributed by atoms with van der Waals surface area (Å²) in [6, 6.07) is 10.2. The lowest BCUT2D eigenvalue weighted by atomic mass is 10.2. The second-order valence-corrected chi connectivity index (χ2v) is 8.58. The quantitative estimate of drug-likeness (QED) is 0.691. The number of anilines is 1. The fraction of sp³-hybridized carbons (Fsp3) is 0.278. The molecule has 0 atom stereocenters. The van der Waals surface area contributed by atoms with Gasteiger partial charge in [0.2, 0.25) is 5.91 Å². The molecule has 0 aromatic heterocycles. The van der Waals surface area contributed by atoms with Gasteiger partial charge in [0.15, 0.2) is 9.84 Å². The van der Waals surface area contributed by atoms with Gasteiger partial charge in [-0.25, -0.2) is 8.42 Å². The van der Waals surface area contributed by atoms with Crippen LogP contribution in [0.3, 0.4) is 0 Å². The Labute approximate surface area is 167 Å². The number of alkyl halides is 2. The van der Waals surface area contributed by atoms with Crippen molar-refractivity contribution < 1.29 is 26.7 Å². The molecule has 0 spiro atoms. The van der Waals surface area contributed by atoms with Gasteiger partial charge in [0, 0.05) is 12.8 Å². The zero-order chi connectivity index (χ0) is 20.9. The first-order chi connectivity index (χ1) is 13.0. The molecule has 6 nitrogen and oxygen atoms in total. The molecule has 0 bridgehead atoms. The zero-order valence-corrected chi connectivity index (χ0v) is 16.7. The number of benzene rings is 2. The van der Waals surface area contributed by atoms with E-state index in [1.807, 2.05) is 0 Å². The van der Waals surface area contributed by atoms with Gasteiger partial charge in [-0.3, -0.25) is 9.69 Å². The molecule has 152 valence electrons. The minimum atomic E-state index is -3.43. The Morgan fingerprint density at radius 3 is 2.43 bits per heavy atom. The molecule has 0 aliphatic carbocycles. The smallest absolute Gasteiger partial charge is 0.387 e. The predicted molar refractivity (Wildman–Crippen MR) is 103 cm³/mol. The lowest BCUT2D eigenvalue weighted by Crippen LogP contribution is -2.30. The van der Waals surface area contributed by atoms with Crippen LogP contribution in [0.4, 0.5) is 14.5 Å². The molecular formula is C18H19ClF2N2O4S. The Hall–Kier alpha value is -2.23. The number of hydrogen-bond donors (Lipinski definition) is 1. The highest BCUT2D eigenvalue weighted by molar-refractivity contribution is 7.90. The lowest BCUT2D eigenvalue weighted by molar-refractivity contribution is -0.117. The monoisotopic (exact) mass is 432 g/mol. The molecule has 1 amide bonds. The summed E-state index contributed by atoms with van der Waals surface area (Å²) < 4.78 is 51.9. The van der Waals surface area contributed by atoms with Crippen LogP contribution in [0.2, 0.25) is 5.02 Å². The van der Waals surface area contributed by atoms with Crippen LogP contribution in [0, 0.1) is 0 Å². The molecule has 2 aromatic carbocycles. The van der Waals surface area contributed by atoms with Crippen LogP contribution in [-0.2, 0) is 21.2 Å². The van der Waals surface area contributed by atoms with E-state index in [1.54, 1.807) is 24.1 Å². The van der Waals surface area contributed by atoms with E-state index < -0.39 is 16.4 Å². The molecule has 28 heavy (non-hydrogen) atoms. The number of halogens is 3. The van der Waals surface area contributed by atoms with Gasteiger partial charge in [-0.05, 0) is 42.9 Å². The van der Waals surface area contributed by atoms with Crippen LogP contribution in [0.5, 0.6) is 5.75 Å². The van der Waals surface area contributed by atoms with Crippen LogP contribution in [0.15, 0.2) is 47.4 Å². The molecular weight excluding hydrogens is 414 g/mol. The summed E-state index contributed by atoms with van der Waals surface area (Å²) in [6.07, 6.45) is 1.06. The van der Waals surface area contributed by atoms with Crippen molar-refractivity contribution in [1.82, 2.24) is 4.90 Å². The van der Waals surface area contributed by atoms with E-state index in [9.17, 15) is 22.0 Å². The van der Waals surface area contributed by atoms with Crippen molar-refractivity contribution >= 4 is 33.0 Å². The second kappa shape index (κ2) is 9.31. The summed E-state index contributed by atoms with van der Waals surface area (Å²) in [5.41, 5.74) is 1.01. The molecule has 0 aliphatic rings. The van der Waals surface area contributed by atoms with Crippen LogP contribution >= 0.6 is 11.6 Å². The van der Waals surface area contributed by atoms with E-state index in [2.05, 4.69) is 10.1 Å². The molecule has 0 saturated heterocycles. The molecule has 0 unspecified atom stereocenters. The van der Waals surface area contributed by atoms with E-state index in [-0.39, 0.29) is 33.8 Å². The Morgan fingerprint density at radius 2 is 1.86 bits per heavy atom. The van der Waals surface area contributed by atoms with Crippen molar-refractivity contribution in [3.05, 3.63) is 53.1 Å². The third-order valence-electron chi connectivity index (χ3n) is 3.65. The number of carbonyl (C=O) groups is 1. The molecule has 2 rings (SSSR count). The molecule has 2 aromatic rings. The topological polar surface area (TPSA) is 75.7 Å². The van der Waals surface area contributed by atoms with Crippen molar-refractivity contribution in [2.24, 2.45) is 0 Å². The summed E-state index contributed by atoms with van der Waals surface area (Å²) in [6.45, 7) is -2.49. The van der Waals surface area contributed by atoms with Gasteiger partial charge in [0.25, 0.3) is 0 Å². The highest BCUT2D eigenvalue weighted by atomic mass is 35.5. The Balaban J connectivity index is 1.96. The van der Waals surface area contributed by atoms with Crippen molar-refractivity contribution in [2.75, 3.05) is 25.2 Å². The van der Waals surface area contributed by atoms with Gasteiger partial charge < -0.3 is 10.1 Å². The van der Waals surface area contributed by atoms with E-state index in [1.165, 1.54) is 30.3 Å². The Kier molecular flexibility index (Phi) is 7.34. The van der Waals surface area contributed by atoms with E-state index in [0.29, 0.717) is 6.54 Å².